The number of hydrogen-bond donors (Lipinski definition) is 2. The monoisotopic (exact) mass is 338 g/mol. The summed E-state index contributed by atoms with van der Waals surface area (Å²) in [5.74, 6) is 0.0459. The second-order valence-corrected chi connectivity index (χ2v) is 7.25. The number of guanidine groups is 1. The lowest BCUT2D eigenvalue weighted by atomic mass is 9.92. The number of aryl methyl sites for hydroxylation is 1. The van der Waals surface area contributed by atoms with E-state index >= 15 is 0 Å². The average molecular weight is 338 g/mol. The van der Waals surface area contributed by atoms with Crippen LogP contribution in [0.5, 0.6) is 0 Å². The highest BCUT2D eigenvalue weighted by Crippen LogP contribution is 2.36. The van der Waals surface area contributed by atoms with E-state index in [-0.39, 0.29) is 11.9 Å². The van der Waals surface area contributed by atoms with E-state index < -0.39 is 5.54 Å². The van der Waals surface area contributed by atoms with Gasteiger partial charge in [0.05, 0.1) is 23.6 Å². The van der Waals surface area contributed by atoms with Crippen molar-refractivity contribution in [3.8, 4) is 17.2 Å². The average Bonchev–Trinajstić information content (AvgIpc) is 3.03. The molecule has 122 valence electrons. The molecule has 1 atom stereocenters. The molecule has 0 aliphatic carbocycles. The molecule has 0 saturated carbocycles. The maximum absolute atomic E-state index is 12.1. The largest absolute Gasteiger partial charge is 0.345 e. The topological polar surface area (TPSA) is 80.0 Å². The molecule has 2 heterocycles. The van der Waals surface area contributed by atoms with E-state index in [1.54, 1.807) is 18.4 Å². The first-order chi connectivity index (χ1) is 11.3. The van der Waals surface area contributed by atoms with E-state index in [1.165, 1.54) is 4.90 Å². The standard InChI is InChI=1S/C18H18N4OS/c1-11-4-12(9-19)6-13(5-11)14-7-15(24-10-14)18(2)8-16(23)22(3)17(20)21-18/h4-7,10H,8H2,1-3H3,(H2,20,21)/t18-/m0/s1. The third-order valence-electron chi connectivity index (χ3n) is 4.29. The van der Waals surface area contributed by atoms with Crippen LogP contribution in [0.15, 0.2) is 29.6 Å². The molecule has 2 aromatic rings. The van der Waals surface area contributed by atoms with E-state index in [9.17, 15) is 4.79 Å². The summed E-state index contributed by atoms with van der Waals surface area (Å²) in [6.45, 7) is 3.91. The smallest absolute Gasteiger partial charge is 0.231 e. The van der Waals surface area contributed by atoms with E-state index in [0.29, 0.717) is 12.0 Å². The normalized spacial score (nSPS) is 20.7. The third-order valence-corrected chi connectivity index (χ3v) is 5.49. The summed E-state index contributed by atoms with van der Waals surface area (Å²) >= 11 is 1.56. The molecule has 0 bridgehead atoms. The van der Waals surface area contributed by atoms with Crippen LogP contribution >= 0.6 is 11.3 Å². The second-order valence-electron chi connectivity index (χ2n) is 6.33. The van der Waals surface area contributed by atoms with Gasteiger partial charge in [-0.25, -0.2) is 0 Å². The summed E-state index contributed by atoms with van der Waals surface area (Å²) in [6, 6.07) is 10.0. The number of nitrogens with one attached hydrogen (secondary N) is 2. The predicted molar refractivity (Wildman–Crippen MR) is 94.8 cm³/mol. The molecule has 24 heavy (non-hydrogen) atoms. The Hall–Kier alpha value is -2.65. The Bertz CT molecular complexity index is 859. The van der Waals surface area contributed by atoms with Crippen LogP contribution in [0.4, 0.5) is 0 Å². The highest BCUT2D eigenvalue weighted by atomic mass is 32.1. The minimum Gasteiger partial charge on any atom is -0.345 e. The summed E-state index contributed by atoms with van der Waals surface area (Å²) in [5, 5.41) is 22.3. The van der Waals surface area contributed by atoms with Crippen LogP contribution in [-0.4, -0.2) is 23.8 Å². The molecule has 0 radical (unpaired) electrons. The summed E-state index contributed by atoms with van der Waals surface area (Å²) in [7, 11) is 1.60. The molecule has 6 heteroatoms. The van der Waals surface area contributed by atoms with Crippen molar-refractivity contribution in [2.75, 3.05) is 7.05 Å². The highest BCUT2D eigenvalue weighted by molar-refractivity contribution is 7.10. The Morgan fingerprint density at radius 1 is 1.33 bits per heavy atom. The molecule has 0 unspecified atom stereocenters. The van der Waals surface area contributed by atoms with Gasteiger partial charge in [0.1, 0.15) is 0 Å². The Labute approximate surface area is 145 Å². The minimum atomic E-state index is -0.578. The number of carbonyl (C=O) groups excluding carboxylic acids is 1. The molecule has 1 aromatic heterocycles. The molecule has 0 spiro atoms. The Kier molecular flexibility index (Phi) is 3.90. The fraction of sp³-hybridized carbons (Fsp3) is 0.278. The Morgan fingerprint density at radius 3 is 2.75 bits per heavy atom. The zero-order chi connectivity index (χ0) is 17.5. The fourth-order valence-electron chi connectivity index (χ4n) is 2.88. The van der Waals surface area contributed by atoms with Gasteiger partial charge in [-0.1, -0.05) is 6.07 Å². The van der Waals surface area contributed by atoms with E-state index in [0.717, 1.165) is 21.6 Å². The quantitative estimate of drug-likeness (QED) is 0.882. The van der Waals surface area contributed by atoms with Gasteiger partial charge in [-0.05, 0) is 54.1 Å². The lowest BCUT2D eigenvalue weighted by molar-refractivity contribution is -0.129. The number of benzene rings is 1. The molecule has 1 aliphatic rings. The zero-order valence-electron chi connectivity index (χ0n) is 13.8. The summed E-state index contributed by atoms with van der Waals surface area (Å²) < 4.78 is 0. The number of hydrogen-bond acceptors (Lipinski definition) is 4. The van der Waals surface area contributed by atoms with E-state index in [1.807, 2.05) is 43.5 Å². The molecule has 1 amide bonds. The van der Waals surface area contributed by atoms with Crippen molar-refractivity contribution in [1.29, 1.82) is 10.7 Å². The van der Waals surface area contributed by atoms with Gasteiger partial charge in [0.2, 0.25) is 5.91 Å². The van der Waals surface area contributed by atoms with Gasteiger partial charge in [0.15, 0.2) is 5.96 Å². The second kappa shape index (κ2) is 5.77. The van der Waals surface area contributed by atoms with Gasteiger partial charge < -0.3 is 5.32 Å². The maximum Gasteiger partial charge on any atom is 0.231 e. The predicted octanol–water partition coefficient (Wildman–Crippen LogP) is 3.20. The first-order valence-electron chi connectivity index (χ1n) is 7.57. The van der Waals surface area contributed by atoms with Crippen LogP contribution in [0.2, 0.25) is 0 Å². The van der Waals surface area contributed by atoms with Gasteiger partial charge in [-0.3, -0.25) is 15.1 Å². The van der Waals surface area contributed by atoms with E-state index in [2.05, 4.69) is 11.4 Å². The van der Waals surface area contributed by atoms with Crippen LogP contribution < -0.4 is 5.32 Å². The van der Waals surface area contributed by atoms with Gasteiger partial charge >= 0.3 is 0 Å². The van der Waals surface area contributed by atoms with Crippen molar-refractivity contribution in [3.63, 3.8) is 0 Å². The number of nitriles is 1. The highest BCUT2D eigenvalue weighted by Gasteiger charge is 2.38. The summed E-state index contributed by atoms with van der Waals surface area (Å²) in [5.41, 5.74) is 3.12. The molecule has 5 nitrogen and oxygen atoms in total. The van der Waals surface area contributed by atoms with Gasteiger partial charge in [-0.2, -0.15) is 5.26 Å². The number of thiophene rings is 1. The number of amides is 1. The lowest BCUT2D eigenvalue weighted by Gasteiger charge is -2.38. The van der Waals surface area contributed by atoms with Crippen LogP contribution in [0, 0.1) is 23.7 Å². The SMILES string of the molecule is Cc1cc(C#N)cc(-c2csc([C@]3(C)CC(=O)N(C)C(=N)N3)c2)c1. The Balaban J connectivity index is 1.97. The molecule has 1 saturated heterocycles. The first-order valence-corrected chi connectivity index (χ1v) is 8.45. The zero-order valence-corrected chi connectivity index (χ0v) is 14.6. The molecule has 1 fully saturated rings. The van der Waals surface area contributed by atoms with Crippen molar-refractivity contribution in [3.05, 3.63) is 45.6 Å². The van der Waals surface area contributed by atoms with E-state index in [4.69, 9.17) is 10.7 Å². The van der Waals surface area contributed by atoms with Gasteiger partial charge in [0.25, 0.3) is 0 Å². The lowest BCUT2D eigenvalue weighted by Crippen LogP contribution is -2.57. The van der Waals surface area contributed by atoms with Crippen LogP contribution in [0.3, 0.4) is 0 Å². The molecule has 1 aromatic carbocycles. The molecule has 1 aliphatic heterocycles. The number of carbonyl (C=O) groups is 1. The molecular weight excluding hydrogens is 320 g/mol. The summed E-state index contributed by atoms with van der Waals surface area (Å²) in [4.78, 5) is 14.4. The van der Waals surface area contributed by atoms with Crippen molar-refractivity contribution >= 4 is 23.2 Å². The van der Waals surface area contributed by atoms with Crippen LogP contribution in [0.1, 0.15) is 29.3 Å². The Morgan fingerprint density at radius 2 is 2.08 bits per heavy atom. The fourth-order valence-corrected chi connectivity index (χ4v) is 3.91. The molecular formula is C18H18N4OS. The van der Waals surface area contributed by atoms with Crippen molar-refractivity contribution in [2.45, 2.75) is 25.8 Å². The number of nitrogens with zero attached hydrogens (tertiary/aromatic N) is 2. The van der Waals surface area contributed by atoms with Crippen LogP contribution in [0.25, 0.3) is 11.1 Å². The van der Waals surface area contributed by atoms with Crippen molar-refractivity contribution in [1.82, 2.24) is 10.2 Å². The van der Waals surface area contributed by atoms with Gasteiger partial charge in [-0.15, -0.1) is 11.3 Å². The molecule has 3 rings (SSSR count). The van der Waals surface area contributed by atoms with Crippen molar-refractivity contribution in [2.24, 2.45) is 0 Å². The van der Waals surface area contributed by atoms with Crippen LogP contribution in [-0.2, 0) is 10.3 Å². The van der Waals surface area contributed by atoms with Gasteiger partial charge in [0, 0.05) is 11.9 Å². The molecule has 2 N–H and O–H groups in total. The number of rotatable bonds is 2. The maximum atomic E-state index is 12.1. The summed E-state index contributed by atoms with van der Waals surface area (Å²) in [6.07, 6.45) is 0.309. The minimum absolute atomic E-state index is 0.0708. The third kappa shape index (κ3) is 2.79. The first kappa shape index (κ1) is 16.2. The van der Waals surface area contributed by atoms with Crippen molar-refractivity contribution < 1.29 is 4.79 Å².